The molecule has 0 amide bonds. The third-order valence-electron chi connectivity index (χ3n) is 1.80. The highest BCUT2D eigenvalue weighted by molar-refractivity contribution is 5.40. The van der Waals surface area contributed by atoms with Gasteiger partial charge < -0.3 is 10.6 Å². The number of pyridine rings is 1. The number of likely N-dealkylation sites (N-methyl/N-ethyl adjacent to an activating group) is 1. The average Bonchev–Trinajstić information content (AvgIpc) is 2.17. The Bertz CT molecular complexity index is 340. The van der Waals surface area contributed by atoms with Crippen LogP contribution >= 0.6 is 0 Å². The van der Waals surface area contributed by atoms with E-state index in [-0.39, 0.29) is 6.04 Å². The predicted molar refractivity (Wildman–Crippen MR) is 55.9 cm³/mol. The summed E-state index contributed by atoms with van der Waals surface area (Å²) in [6.45, 7) is 2.66. The lowest BCUT2D eigenvalue weighted by Gasteiger charge is -2.20. The Morgan fingerprint density at radius 2 is 2.36 bits per heavy atom. The van der Waals surface area contributed by atoms with Crippen LogP contribution in [0.1, 0.15) is 12.6 Å². The van der Waals surface area contributed by atoms with Gasteiger partial charge in [0.15, 0.2) is 0 Å². The van der Waals surface area contributed by atoms with Crippen molar-refractivity contribution in [2.45, 2.75) is 13.0 Å². The minimum atomic E-state index is 0.0903. The Morgan fingerprint density at radius 1 is 1.64 bits per heavy atom. The van der Waals surface area contributed by atoms with Crippen molar-refractivity contribution in [1.82, 2.24) is 4.98 Å². The van der Waals surface area contributed by atoms with E-state index in [1.807, 2.05) is 37.1 Å². The molecular formula is C10H14N4. The van der Waals surface area contributed by atoms with Crippen LogP contribution < -0.4 is 10.6 Å². The molecule has 0 saturated heterocycles. The average molecular weight is 190 g/mol. The molecule has 1 rings (SSSR count). The first-order valence-electron chi connectivity index (χ1n) is 4.47. The van der Waals surface area contributed by atoms with Gasteiger partial charge in [0.2, 0.25) is 0 Å². The fraction of sp³-hybridized carbons (Fsp3) is 0.400. The zero-order chi connectivity index (χ0) is 10.6. The molecule has 4 heteroatoms. The molecule has 0 aliphatic rings. The molecular weight excluding hydrogens is 176 g/mol. The molecule has 0 aromatic carbocycles. The number of nitriles is 1. The van der Waals surface area contributed by atoms with Crippen LogP contribution in [0.5, 0.6) is 0 Å². The zero-order valence-electron chi connectivity index (χ0n) is 8.44. The van der Waals surface area contributed by atoms with Crippen molar-refractivity contribution in [1.29, 1.82) is 5.26 Å². The monoisotopic (exact) mass is 190 g/mol. The van der Waals surface area contributed by atoms with Crippen molar-refractivity contribution in [2.24, 2.45) is 5.73 Å². The highest BCUT2D eigenvalue weighted by Gasteiger charge is 2.04. The van der Waals surface area contributed by atoms with Crippen molar-refractivity contribution < 1.29 is 0 Å². The molecule has 0 radical (unpaired) electrons. The molecule has 0 bridgehead atoms. The van der Waals surface area contributed by atoms with E-state index < -0.39 is 0 Å². The third-order valence-corrected chi connectivity index (χ3v) is 1.80. The van der Waals surface area contributed by atoms with E-state index in [2.05, 4.69) is 4.98 Å². The quantitative estimate of drug-likeness (QED) is 0.763. The van der Waals surface area contributed by atoms with E-state index in [9.17, 15) is 0 Å². The Morgan fingerprint density at radius 3 is 2.93 bits per heavy atom. The summed E-state index contributed by atoms with van der Waals surface area (Å²) >= 11 is 0. The number of hydrogen-bond donors (Lipinski definition) is 1. The van der Waals surface area contributed by atoms with Gasteiger partial charge in [-0.25, -0.2) is 4.98 Å². The van der Waals surface area contributed by atoms with E-state index in [1.165, 1.54) is 0 Å². The minimum Gasteiger partial charge on any atom is -0.358 e. The lowest BCUT2D eigenvalue weighted by molar-refractivity contribution is 0.711. The van der Waals surface area contributed by atoms with Gasteiger partial charge in [0.25, 0.3) is 0 Å². The van der Waals surface area contributed by atoms with Crippen molar-refractivity contribution in [2.75, 3.05) is 18.5 Å². The van der Waals surface area contributed by atoms with Gasteiger partial charge in [-0.1, -0.05) is 6.07 Å². The standard InChI is InChI=1S/C10H14N4/c1-8(12)7-14(2)10-5-3-4-9(6-11)13-10/h3-5,8H,7,12H2,1-2H3. The van der Waals surface area contributed by atoms with Crippen LogP contribution in [0.15, 0.2) is 18.2 Å². The van der Waals surface area contributed by atoms with Gasteiger partial charge >= 0.3 is 0 Å². The lowest BCUT2D eigenvalue weighted by Crippen LogP contribution is -2.33. The minimum absolute atomic E-state index is 0.0903. The van der Waals surface area contributed by atoms with Gasteiger partial charge in [0.05, 0.1) is 0 Å². The highest BCUT2D eigenvalue weighted by Crippen LogP contribution is 2.08. The van der Waals surface area contributed by atoms with Gasteiger partial charge in [-0.15, -0.1) is 0 Å². The smallest absolute Gasteiger partial charge is 0.142 e. The molecule has 1 aromatic heterocycles. The van der Waals surface area contributed by atoms with Crippen molar-refractivity contribution >= 4 is 5.82 Å². The Balaban J connectivity index is 2.80. The summed E-state index contributed by atoms with van der Waals surface area (Å²) in [5, 5.41) is 8.67. The second-order valence-electron chi connectivity index (χ2n) is 3.35. The summed E-state index contributed by atoms with van der Waals surface area (Å²) in [6.07, 6.45) is 0. The first-order chi connectivity index (χ1) is 6.63. The molecule has 0 fully saturated rings. The number of hydrogen-bond acceptors (Lipinski definition) is 4. The normalized spacial score (nSPS) is 11.9. The van der Waals surface area contributed by atoms with Crippen LogP contribution in [-0.2, 0) is 0 Å². The Hall–Kier alpha value is -1.60. The molecule has 2 N–H and O–H groups in total. The van der Waals surface area contributed by atoms with Crippen LogP contribution in [0.4, 0.5) is 5.82 Å². The largest absolute Gasteiger partial charge is 0.358 e. The van der Waals surface area contributed by atoms with Crippen LogP contribution in [0.2, 0.25) is 0 Å². The van der Waals surface area contributed by atoms with E-state index >= 15 is 0 Å². The van der Waals surface area contributed by atoms with Crippen LogP contribution in [0, 0.1) is 11.3 Å². The second-order valence-corrected chi connectivity index (χ2v) is 3.35. The number of nitrogens with zero attached hydrogens (tertiary/aromatic N) is 3. The highest BCUT2D eigenvalue weighted by atomic mass is 15.2. The fourth-order valence-corrected chi connectivity index (χ4v) is 1.22. The van der Waals surface area contributed by atoms with Crippen LogP contribution in [0.25, 0.3) is 0 Å². The van der Waals surface area contributed by atoms with Gasteiger partial charge in [0.1, 0.15) is 17.6 Å². The molecule has 4 nitrogen and oxygen atoms in total. The molecule has 14 heavy (non-hydrogen) atoms. The molecule has 0 aliphatic carbocycles. The molecule has 1 aromatic rings. The first kappa shape index (κ1) is 10.5. The second kappa shape index (κ2) is 4.58. The maximum Gasteiger partial charge on any atom is 0.142 e. The fourth-order valence-electron chi connectivity index (χ4n) is 1.22. The van der Waals surface area contributed by atoms with Gasteiger partial charge in [-0.2, -0.15) is 5.26 Å². The SMILES string of the molecule is CC(N)CN(C)c1cccc(C#N)n1. The van der Waals surface area contributed by atoms with Gasteiger partial charge in [-0.3, -0.25) is 0 Å². The molecule has 74 valence electrons. The van der Waals surface area contributed by atoms with E-state index in [4.69, 9.17) is 11.0 Å². The Labute approximate surface area is 84.0 Å². The molecule has 0 spiro atoms. The summed E-state index contributed by atoms with van der Waals surface area (Å²) < 4.78 is 0. The number of anilines is 1. The molecule has 0 saturated carbocycles. The number of rotatable bonds is 3. The topological polar surface area (TPSA) is 65.9 Å². The molecule has 1 heterocycles. The first-order valence-corrected chi connectivity index (χ1v) is 4.47. The van der Waals surface area contributed by atoms with Crippen molar-refractivity contribution in [3.63, 3.8) is 0 Å². The molecule has 0 aliphatic heterocycles. The van der Waals surface area contributed by atoms with Crippen molar-refractivity contribution in [3.05, 3.63) is 23.9 Å². The summed E-state index contributed by atoms with van der Waals surface area (Å²) in [5.74, 6) is 0.779. The van der Waals surface area contributed by atoms with E-state index in [0.29, 0.717) is 5.69 Å². The maximum atomic E-state index is 8.67. The summed E-state index contributed by atoms with van der Waals surface area (Å²) in [5.41, 5.74) is 6.10. The van der Waals surface area contributed by atoms with E-state index in [1.54, 1.807) is 6.07 Å². The predicted octanol–water partition coefficient (Wildman–Crippen LogP) is 0.737. The summed E-state index contributed by atoms with van der Waals surface area (Å²) in [7, 11) is 1.91. The summed E-state index contributed by atoms with van der Waals surface area (Å²) in [4.78, 5) is 6.09. The Kier molecular flexibility index (Phi) is 3.43. The maximum absolute atomic E-state index is 8.67. The molecule has 1 unspecified atom stereocenters. The number of nitrogens with two attached hydrogens (primary N) is 1. The number of aromatic nitrogens is 1. The third kappa shape index (κ3) is 2.71. The molecule has 1 atom stereocenters. The summed E-state index contributed by atoms with van der Waals surface area (Å²) in [6, 6.07) is 7.46. The van der Waals surface area contributed by atoms with Gasteiger partial charge in [0, 0.05) is 19.6 Å². The van der Waals surface area contributed by atoms with Gasteiger partial charge in [-0.05, 0) is 19.1 Å². The zero-order valence-corrected chi connectivity index (χ0v) is 8.44. The van der Waals surface area contributed by atoms with Crippen LogP contribution in [0.3, 0.4) is 0 Å². The van der Waals surface area contributed by atoms with Crippen LogP contribution in [-0.4, -0.2) is 24.6 Å². The van der Waals surface area contributed by atoms with Crippen molar-refractivity contribution in [3.8, 4) is 6.07 Å². The van der Waals surface area contributed by atoms with E-state index in [0.717, 1.165) is 12.4 Å². The lowest BCUT2D eigenvalue weighted by atomic mass is 10.3.